The van der Waals surface area contributed by atoms with Gasteiger partial charge in [0.1, 0.15) is 0 Å². The third kappa shape index (κ3) is 6.03. The highest BCUT2D eigenvalue weighted by Crippen LogP contribution is 2.34. The number of ether oxygens (including phenoxy) is 1. The van der Waals surface area contributed by atoms with Crippen molar-refractivity contribution in [3.05, 3.63) is 30.1 Å². The Morgan fingerprint density at radius 2 is 2.13 bits per heavy atom. The second kappa shape index (κ2) is 9.78. The van der Waals surface area contributed by atoms with Gasteiger partial charge in [0.2, 0.25) is 0 Å². The lowest BCUT2D eigenvalue weighted by Gasteiger charge is -2.37. The Morgan fingerprint density at radius 3 is 2.78 bits per heavy atom. The molecule has 2 N–H and O–H groups in total. The predicted octanol–water partition coefficient (Wildman–Crippen LogP) is 2.44. The van der Waals surface area contributed by atoms with E-state index in [0.717, 1.165) is 56.6 Å². The maximum atomic E-state index is 5.54. The van der Waals surface area contributed by atoms with E-state index in [1.54, 1.807) is 6.20 Å². The molecule has 1 aliphatic heterocycles. The molecule has 0 spiro atoms. The van der Waals surface area contributed by atoms with Crippen LogP contribution in [-0.4, -0.2) is 47.7 Å². The number of nitrogens with zero attached hydrogens (tertiary/aromatic N) is 2. The lowest BCUT2D eigenvalue weighted by molar-refractivity contribution is 0.0782. The molecule has 1 fully saturated rings. The fourth-order valence-electron chi connectivity index (χ4n) is 2.66. The number of nitrogens with one attached hydrogen (secondary N) is 2. The molecule has 1 aliphatic rings. The number of hydrogen-bond donors (Lipinski definition) is 2. The van der Waals surface area contributed by atoms with E-state index in [2.05, 4.69) is 34.5 Å². The van der Waals surface area contributed by atoms with Crippen LogP contribution in [0.25, 0.3) is 0 Å². The van der Waals surface area contributed by atoms with Crippen molar-refractivity contribution in [1.29, 1.82) is 0 Å². The number of thioether (sulfide) groups is 1. The van der Waals surface area contributed by atoms with Crippen molar-refractivity contribution in [2.75, 3.05) is 32.1 Å². The molecule has 2 heterocycles. The minimum Gasteiger partial charge on any atom is -0.381 e. The van der Waals surface area contributed by atoms with E-state index >= 15 is 0 Å². The van der Waals surface area contributed by atoms with Gasteiger partial charge >= 0.3 is 0 Å². The molecule has 128 valence electrons. The smallest absolute Gasteiger partial charge is 0.191 e. The monoisotopic (exact) mass is 336 g/mol. The van der Waals surface area contributed by atoms with Crippen molar-refractivity contribution >= 4 is 17.7 Å². The van der Waals surface area contributed by atoms with Gasteiger partial charge < -0.3 is 15.4 Å². The second-order valence-corrected chi connectivity index (χ2v) is 7.33. The maximum absolute atomic E-state index is 5.54. The highest BCUT2D eigenvalue weighted by atomic mass is 32.2. The van der Waals surface area contributed by atoms with E-state index in [9.17, 15) is 0 Å². The molecule has 0 atom stereocenters. The second-order valence-electron chi connectivity index (χ2n) is 5.60. The first kappa shape index (κ1) is 18.1. The summed E-state index contributed by atoms with van der Waals surface area (Å²) in [6, 6.07) is 5.92. The Labute approximate surface area is 143 Å². The van der Waals surface area contributed by atoms with Crippen molar-refractivity contribution in [2.45, 2.75) is 38.0 Å². The van der Waals surface area contributed by atoms with Crippen molar-refractivity contribution in [2.24, 2.45) is 4.99 Å². The van der Waals surface area contributed by atoms with Crippen LogP contribution in [0.5, 0.6) is 0 Å². The molecule has 1 aromatic heterocycles. The van der Waals surface area contributed by atoms with Gasteiger partial charge in [-0.15, -0.1) is 0 Å². The maximum Gasteiger partial charge on any atom is 0.191 e. The fraction of sp³-hybridized carbons (Fsp3) is 0.647. The summed E-state index contributed by atoms with van der Waals surface area (Å²) in [6.45, 7) is 8.39. The van der Waals surface area contributed by atoms with Crippen LogP contribution in [0.4, 0.5) is 0 Å². The zero-order chi connectivity index (χ0) is 16.4. The highest BCUT2D eigenvalue weighted by Gasteiger charge is 2.32. The summed E-state index contributed by atoms with van der Waals surface area (Å²) >= 11 is 2.04. The molecule has 2 rings (SSSR count). The van der Waals surface area contributed by atoms with Crippen LogP contribution in [0, 0.1) is 0 Å². The van der Waals surface area contributed by atoms with Gasteiger partial charge in [0.25, 0.3) is 0 Å². The van der Waals surface area contributed by atoms with Crippen molar-refractivity contribution < 1.29 is 4.74 Å². The van der Waals surface area contributed by atoms with E-state index in [4.69, 9.17) is 4.74 Å². The van der Waals surface area contributed by atoms with Gasteiger partial charge in [-0.3, -0.25) is 4.98 Å². The first-order valence-corrected chi connectivity index (χ1v) is 9.40. The van der Waals surface area contributed by atoms with E-state index < -0.39 is 0 Å². The fourth-order valence-corrected chi connectivity index (χ4v) is 3.90. The summed E-state index contributed by atoms with van der Waals surface area (Å²) in [4.78, 5) is 8.97. The number of guanidine groups is 1. The minimum absolute atomic E-state index is 0.258. The lowest BCUT2D eigenvalue weighted by Crippen LogP contribution is -2.48. The molecule has 0 aliphatic carbocycles. The third-order valence-electron chi connectivity index (χ3n) is 3.90. The van der Waals surface area contributed by atoms with Gasteiger partial charge in [-0.1, -0.05) is 13.0 Å². The molecular weight excluding hydrogens is 308 g/mol. The van der Waals surface area contributed by atoms with Gasteiger partial charge in [-0.05, 0) is 37.7 Å². The van der Waals surface area contributed by atoms with Crippen LogP contribution in [0.2, 0.25) is 0 Å². The van der Waals surface area contributed by atoms with E-state index in [0.29, 0.717) is 6.54 Å². The number of rotatable bonds is 7. The zero-order valence-corrected chi connectivity index (χ0v) is 15.0. The number of aliphatic imine (C=N–C) groups is 1. The van der Waals surface area contributed by atoms with Crippen LogP contribution in [-0.2, 0) is 11.3 Å². The molecule has 1 saturated heterocycles. The standard InChI is InChI=1S/C17H28N4OS/c1-3-18-16(20-13-15-7-5-6-10-19-15)21-14-17(23-4-2)8-11-22-12-9-17/h5-7,10H,3-4,8-9,11-14H2,1-2H3,(H2,18,20,21). The molecule has 1 aromatic rings. The topological polar surface area (TPSA) is 58.5 Å². The summed E-state index contributed by atoms with van der Waals surface area (Å²) < 4.78 is 5.79. The van der Waals surface area contributed by atoms with Crippen molar-refractivity contribution in [3.63, 3.8) is 0 Å². The highest BCUT2D eigenvalue weighted by molar-refractivity contribution is 8.00. The molecule has 0 bridgehead atoms. The number of hydrogen-bond acceptors (Lipinski definition) is 4. The summed E-state index contributed by atoms with van der Waals surface area (Å²) in [5.41, 5.74) is 0.980. The SMILES string of the molecule is CCNC(=NCc1ccccn1)NCC1(SCC)CCOCC1. The van der Waals surface area contributed by atoms with Gasteiger partial charge in [0.15, 0.2) is 5.96 Å². The summed E-state index contributed by atoms with van der Waals surface area (Å²) in [5.74, 6) is 1.99. The predicted molar refractivity (Wildman–Crippen MR) is 98.0 cm³/mol. The average Bonchev–Trinajstić information content (AvgIpc) is 2.59. The molecule has 0 saturated carbocycles. The molecule has 23 heavy (non-hydrogen) atoms. The van der Waals surface area contributed by atoms with Gasteiger partial charge in [-0.2, -0.15) is 11.8 Å². The van der Waals surface area contributed by atoms with Crippen molar-refractivity contribution in [3.8, 4) is 0 Å². The molecule has 6 heteroatoms. The van der Waals surface area contributed by atoms with Gasteiger partial charge in [-0.25, -0.2) is 4.99 Å². The van der Waals surface area contributed by atoms with Crippen LogP contribution in [0.3, 0.4) is 0 Å². The molecule has 0 amide bonds. The molecule has 0 aromatic carbocycles. The van der Waals surface area contributed by atoms with E-state index in [1.807, 2.05) is 30.0 Å². The molecule has 0 radical (unpaired) electrons. The molecular formula is C17H28N4OS. The number of aromatic nitrogens is 1. The normalized spacial score (nSPS) is 17.7. The minimum atomic E-state index is 0.258. The Hall–Kier alpha value is -1.27. The van der Waals surface area contributed by atoms with Crippen LogP contribution in [0.1, 0.15) is 32.4 Å². The van der Waals surface area contributed by atoms with E-state index in [-0.39, 0.29) is 4.75 Å². The lowest BCUT2D eigenvalue weighted by atomic mass is 9.99. The number of pyridine rings is 1. The molecule has 5 nitrogen and oxygen atoms in total. The first-order chi connectivity index (χ1) is 11.3. The summed E-state index contributed by atoms with van der Waals surface area (Å²) in [5, 5.41) is 6.84. The Bertz CT molecular complexity index is 469. The van der Waals surface area contributed by atoms with Crippen molar-refractivity contribution in [1.82, 2.24) is 15.6 Å². The third-order valence-corrected chi connectivity index (χ3v) is 5.36. The Balaban J connectivity index is 1.94. The van der Waals surface area contributed by atoms with Gasteiger partial charge in [0, 0.05) is 37.2 Å². The largest absolute Gasteiger partial charge is 0.381 e. The summed E-state index contributed by atoms with van der Waals surface area (Å²) in [7, 11) is 0. The first-order valence-electron chi connectivity index (χ1n) is 8.42. The molecule has 0 unspecified atom stereocenters. The zero-order valence-electron chi connectivity index (χ0n) is 14.2. The van der Waals surface area contributed by atoms with Crippen LogP contribution >= 0.6 is 11.8 Å². The van der Waals surface area contributed by atoms with Crippen LogP contribution < -0.4 is 10.6 Å². The average molecular weight is 337 g/mol. The summed E-state index contributed by atoms with van der Waals surface area (Å²) in [6.07, 6.45) is 4.00. The quantitative estimate of drug-likeness (QED) is 0.592. The Kier molecular flexibility index (Phi) is 7.68. The Morgan fingerprint density at radius 1 is 1.30 bits per heavy atom. The van der Waals surface area contributed by atoms with Crippen LogP contribution in [0.15, 0.2) is 29.4 Å². The van der Waals surface area contributed by atoms with E-state index in [1.165, 1.54) is 0 Å². The van der Waals surface area contributed by atoms with Gasteiger partial charge in [0.05, 0.1) is 12.2 Å².